The molecule has 0 radical (unpaired) electrons. The Hall–Kier alpha value is -3.03. The molecule has 0 amide bonds. The molecular formula is C13H11N5O3. The third kappa shape index (κ3) is 2.78. The zero-order valence-electron chi connectivity index (χ0n) is 11.1. The van der Waals surface area contributed by atoms with Crippen molar-refractivity contribution >= 4 is 5.69 Å². The van der Waals surface area contributed by atoms with E-state index in [9.17, 15) is 10.1 Å². The van der Waals surface area contributed by atoms with Crippen molar-refractivity contribution in [3.63, 3.8) is 0 Å². The zero-order valence-corrected chi connectivity index (χ0v) is 11.1. The maximum absolute atomic E-state index is 10.6. The average molecular weight is 285 g/mol. The van der Waals surface area contributed by atoms with Crippen LogP contribution in [0.3, 0.4) is 0 Å². The van der Waals surface area contributed by atoms with Crippen LogP contribution in [0, 0.1) is 17.0 Å². The fourth-order valence-electron chi connectivity index (χ4n) is 1.89. The predicted molar refractivity (Wildman–Crippen MR) is 72.5 cm³/mol. The molecule has 8 nitrogen and oxygen atoms in total. The van der Waals surface area contributed by atoms with E-state index >= 15 is 0 Å². The molecule has 0 aliphatic carbocycles. The normalized spacial score (nSPS) is 10.7. The lowest BCUT2D eigenvalue weighted by atomic mass is 10.1. The molecule has 0 saturated carbocycles. The van der Waals surface area contributed by atoms with Gasteiger partial charge in [0, 0.05) is 5.56 Å². The van der Waals surface area contributed by atoms with Gasteiger partial charge in [-0.15, -0.1) is 0 Å². The van der Waals surface area contributed by atoms with E-state index < -0.39 is 4.92 Å². The second-order valence-electron chi connectivity index (χ2n) is 4.53. The molecule has 0 saturated heterocycles. The Morgan fingerprint density at radius 2 is 2.29 bits per heavy atom. The van der Waals surface area contributed by atoms with Gasteiger partial charge in [-0.25, -0.2) is 0 Å². The summed E-state index contributed by atoms with van der Waals surface area (Å²) in [6, 6.07) is 7.73. The lowest BCUT2D eigenvalue weighted by Crippen LogP contribution is -2.00. The monoisotopic (exact) mass is 285 g/mol. The molecule has 21 heavy (non-hydrogen) atoms. The van der Waals surface area contributed by atoms with Crippen LogP contribution in [0.4, 0.5) is 5.69 Å². The van der Waals surface area contributed by atoms with E-state index in [0.29, 0.717) is 11.7 Å². The van der Waals surface area contributed by atoms with E-state index in [1.807, 2.05) is 31.2 Å². The summed E-state index contributed by atoms with van der Waals surface area (Å²) < 4.78 is 6.52. The maximum atomic E-state index is 10.6. The van der Waals surface area contributed by atoms with Crippen LogP contribution in [0.25, 0.3) is 11.4 Å². The Kier molecular flexibility index (Phi) is 3.19. The van der Waals surface area contributed by atoms with Crippen LogP contribution in [0.2, 0.25) is 0 Å². The minimum atomic E-state index is -0.504. The van der Waals surface area contributed by atoms with E-state index in [1.54, 1.807) is 0 Å². The van der Waals surface area contributed by atoms with Crippen molar-refractivity contribution < 1.29 is 9.45 Å². The van der Waals surface area contributed by atoms with Crippen LogP contribution in [0.5, 0.6) is 0 Å². The molecular weight excluding hydrogens is 274 g/mol. The third-order valence-electron chi connectivity index (χ3n) is 2.87. The molecule has 0 atom stereocenters. The van der Waals surface area contributed by atoms with Gasteiger partial charge in [0.25, 0.3) is 0 Å². The highest BCUT2D eigenvalue weighted by Gasteiger charge is 2.13. The fraction of sp³-hybridized carbons (Fsp3) is 0.154. The Morgan fingerprint density at radius 3 is 3.00 bits per heavy atom. The van der Waals surface area contributed by atoms with Crippen LogP contribution >= 0.6 is 0 Å². The minimum Gasteiger partial charge on any atom is -0.337 e. The van der Waals surface area contributed by atoms with Crippen molar-refractivity contribution in [2.45, 2.75) is 13.5 Å². The highest BCUT2D eigenvalue weighted by Crippen LogP contribution is 2.17. The summed E-state index contributed by atoms with van der Waals surface area (Å²) in [7, 11) is 0. The number of hydrogen-bond donors (Lipinski definition) is 0. The van der Waals surface area contributed by atoms with Gasteiger partial charge in [-0.3, -0.25) is 14.8 Å². The van der Waals surface area contributed by atoms with Crippen molar-refractivity contribution in [3.05, 3.63) is 58.2 Å². The number of hydrogen-bond acceptors (Lipinski definition) is 6. The van der Waals surface area contributed by atoms with Crippen LogP contribution in [0.1, 0.15) is 11.5 Å². The topological polar surface area (TPSA) is 99.9 Å². The van der Waals surface area contributed by atoms with E-state index in [-0.39, 0.29) is 12.2 Å². The van der Waals surface area contributed by atoms with Crippen molar-refractivity contribution in [2.75, 3.05) is 0 Å². The van der Waals surface area contributed by atoms with Gasteiger partial charge >= 0.3 is 5.69 Å². The van der Waals surface area contributed by atoms with Gasteiger partial charge < -0.3 is 4.52 Å². The quantitative estimate of drug-likeness (QED) is 0.538. The minimum absolute atomic E-state index is 0.0755. The Balaban J connectivity index is 1.80. The Labute approximate surface area is 119 Å². The molecule has 0 N–H and O–H groups in total. The summed E-state index contributed by atoms with van der Waals surface area (Å²) in [5.74, 6) is 0.819. The van der Waals surface area contributed by atoms with Gasteiger partial charge in [-0.05, 0) is 13.0 Å². The first kappa shape index (κ1) is 13.0. The summed E-state index contributed by atoms with van der Waals surface area (Å²) in [5, 5.41) is 18.4. The maximum Gasteiger partial charge on any atom is 0.307 e. The number of nitrogens with zero attached hydrogens (tertiary/aromatic N) is 5. The first-order valence-corrected chi connectivity index (χ1v) is 6.18. The number of rotatable bonds is 4. The van der Waals surface area contributed by atoms with E-state index in [0.717, 1.165) is 11.1 Å². The summed E-state index contributed by atoms with van der Waals surface area (Å²) in [5.41, 5.74) is 1.88. The highest BCUT2D eigenvalue weighted by atomic mass is 16.6. The number of aryl methyl sites for hydroxylation is 1. The molecule has 0 spiro atoms. The van der Waals surface area contributed by atoms with Crippen LogP contribution < -0.4 is 0 Å². The SMILES string of the molecule is Cc1cccc(-c2noc(Cn3cc([N+](=O)[O-])cn3)n2)c1. The highest BCUT2D eigenvalue weighted by molar-refractivity contribution is 5.55. The Morgan fingerprint density at radius 1 is 1.43 bits per heavy atom. The molecule has 2 aromatic heterocycles. The standard InChI is InChI=1S/C13H11N5O3/c1-9-3-2-4-10(5-9)13-15-12(21-16-13)8-17-7-11(6-14-17)18(19)20/h2-7H,8H2,1H3. The summed E-state index contributed by atoms with van der Waals surface area (Å²) in [6.45, 7) is 2.17. The van der Waals surface area contributed by atoms with Gasteiger partial charge in [0.1, 0.15) is 18.9 Å². The first-order chi connectivity index (χ1) is 10.1. The second-order valence-corrected chi connectivity index (χ2v) is 4.53. The summed E-state index contributed by atoms with van der Waals surface area (Å²) >= 11 is 0. The molecule has 0 aliphatic rings. The van der Waals surface area contributed by atoms with Crippen molar-refractivity contribution in [2.24, 2.45) is 0 Å². The first-order valence-electron chi connectivity index (χ1n) is 6.18. The molecule has 3 rings (SSSR count). The van der Waals surface area contributed by atoms with Gasteiger partial charge in [0.05, 0.1) is 4.92 Å². The zero-order chi connectivity index (χ0) is 14.8. The van der Waals surface area contributed by atoms with Gasteiger partial charge in [-0.1, -0.05) is 28.9 Å². The van der Waals surface area contributed by atoms with Crippen LogP contribution in [-0.4, -0.2) is 24.8 Å². The molecule has 8 heteroatoms. The predicted octanol–water partition coefficient (Wildman–Crippen LogP) is 2.20. The largest absolute Gasteiger partial charge is 0.337 e. The van der Waals surface area contributed by atoms with E-state index in [2.05, 4.69) is 15.2 Å². The third-order valence-corrected chi connectivity index (χ3v) is 2.87. The van der Waals surface area contributed by atoms with Crippen molar-refractivity contribution in [3.8, 4) is 11.4 Å². The lowest BCUT2D eigenvalue weighted by molar-refractivity contribution is -0.385. The summed E-state index contributed by atoms with van der Waals surface area (Å²) in [6.07, 6.45) is 2.49. The molecule has 0 unspecified atom stereocenters. The number of benzene rings is 1. The van der Waals surface area contributed by atoms with Crippen molar-refractivity contribution in [1.29, 1.82) is 0 Å². The second kappa shape index (κ2) is 5.16. The Bertz CT molecular complexity index is 792. The van der Waals surface area contributed by atoms with Crippen molar-refractivity contribution in [1.82, 2.24) is 19.9 Å². The van der Waals surface area contributed by atoms with Crippen LogP contribution in [-0.2, 0) is 6.54 Å². The molecule has 2 heterocycles. The summed E-state index contributed by atoms with van der Waals surface area (Å²) in [4.78, 5) is 14.3. The molecule has 0 aliphatic heterocycles. The van der Waals surface area contributed by atoms with E-state index in [1.165, 1.54) is 17.1 Å². The molecule has 0 bridgehead atoms. The number of aromatic nitrogens is 4. The average Bonchev–Trinajstić information content (AvgIpc) is 3.08. The van der Waals surface area contributed by atoms with Crippen LogP contribution in [0.15, 0.2) is 41.2 Å². The lowest BCUT2D eigenvalue weighted by Gasteiger charge is -1.95. The molecule has 106 valence electrons. The van der Waals surface area contributed by atoms with Gasteiger partial charge in [0.15, 0.2) is 0 Å². The fourth-order valence-corrected chi connectivity index (χ4v) is 1.89. The smallest absolute Gasteiger partial charge is 0.307 e. The molecule has 0 fully saturated rings. The van der Waals surface area contributed by atoms with Gasteiger partial charge in [-0.2, -0.15) is 10.1 Å². The van der Waals surface area contributed by atoms with Gasteiger partial charge in [0.2, 0.25) is 11.7 Å². The number of nitro groups is 1. The molecule has 1 aromatic carbocycles. The molecule has 3 aromatic rings. The van der Waals surface area contributed by atoms with E-state index in [4.69, 9.17) is 4.52 Å².